The van der Waals surface area contributed by atoms with Crippen LogP contribution in [0.3, 0.4) is 0 Å². The molecule has 0 aliphatic carbocycles. The van der Waals surface area contributed by atoms with Crippen molar-refractivity contribution in [2.45, 2.75) is 11.8 Å². The second kappa shape index (κ2) is 4.89. The van der Waals surface area contributed by atoms with E-state index in [1.54, 1.807) is 47.3 Å². The third kappa shape index (κ3) is 2.62. The van der Waals surface area contributed by atoms with Crippen LogP contribution in [0.4, 0.5) is 5.69 Å². The number of aryl methyl sites for hydroxylation is 2. The summed E-state index contributed by atoms with van der Waals surface area (Å²) in [5.41, 5.74) is 2.41. The molecule has 0 spiro atoms. The van der Waals surface area contributed by atoms with Crippen molar-refractivity contribution in [3.63, 3.8) is 0 Å². The Morgan fingerprint density at radius 3 is 2.52 bits per heavy atom. The van der Waals surface area contributed by atoms with E-state index in [0.717, 1.165) is 16.5 Å². The van der Waals surface area contributed by atoms with Crippen LogP contribution in [0, 0.1) is 6.92 Å². The number of fused-ring (bicyclic) bond motifs is 1. The highest BCUT2D eigenvalue weighted by Crippen LogP contribution is 2.21. The lowest BCUT2D eigenvalue weighted by molar-refractivity contribution is 0.601. The summed E-state index contributed by atoms with van der Waals surface area (Å²) < 4.78 is 29.0. The minimum Gasteiger partial charge on any atom is -0.280 e. The molecule has 21 heavy (non-hydrogen) atoms. The van der Waals surface area contributed by atoms with Gasteiger partial charge in [0.15, 0.2) is 0 Å². The van der Waals surface area contributed by atoms with Crippen molar-refractivity contribution < 1.29 is 8.42 Å². The Morgan fingerprint density at radius 1 is 1.10 bits per heavy atom. The first-order valence-electron chi connectivity index (χ1n) is 6.47. The maximum atomic E-state index is 12.3. The van der Waals surface area contributed by atoms with E-state index in [-0.39, 0.29) is 4.90 Å². The smallest absolute Gasteiger partial charge is 0.261 e. The normalized spacial score (nSPS) is 11.7. The van der Waals surface area contributed by atoms with Crippen LogP contribution in [0.2, 0.25) is 0 Å². The third-order valence-corrected chi connectivity index (χ3v) is 4.73. The molecule has 1 N–H and O–H groups in total. The molecule has 0 saturated heterocycles. The summed E-state index contributed by atoms with van der Waals surface area (Å²) in [5.74, 6) is 0. The highest BCUT2D eigenvalue weighted by atomic mass is 32.2. The number of aromatic nitrogens is 2. The largest absolute Gasteiger partial charge is 0.280 e. The Hall–Kier alpha value is -2.34. The van der Waals surface area contributed by atoms with Gasteiger partial charge in [0, 0.05) is 12.4 Å². The molecule has 0 amide bonds. The number of hydrogen-bond donors (Lipinski definition) is 1. The van der Waals surface area contributed by atoms with Crippen LogP contribution < -0.4 is 4.72 Å². The molecule has 1 heterocycles. The zero-order valence-corrected chi connectivity index (χ0v) is 12.6. The summed E-state index contributed by atoms with van der Waals surface area (Å²) >= 11 is 0. The SMILES string of the molecule is Cc1ccc(S(=O)(=O)Nc2ccc3cnn(C)c3c2)cc1. The predicted octanol–water partition coefficient (Wildman–Crippen LogP) is 2.68. The van der Waals surface area contributed by atoms with Gasteiger partial charge in [-0.25, -0.2) is 8.42 Å². The maximum absolute atomic E-state index is 12.3. The lowest BCUT2D eigenvalue weighted by atomic mass is 10.2. The second-order valence-electron chi connectivity index (χ2n) is 4.96. The van der Waals surface area contributed by atoms with E-state index in [2.05, 4.69) is 9.82 Å². The van der Waals surface area contributed by atoms with Gasteiger partial charge in [-0.15, -0.1) is 0 Å². The van der Waals surface area contributed by atoms with Gasteiger partial charge in [0.2, 0.25) is 0 Å². The van der Waals surface area contributed by atoms with E-state index < -0.39 is 10.0 Å². The number of nitrogens with one attached hydrogen (secondary N) is 1. The molecule has 0 aliphatic heterocycles. The van der Waals surface area contributed by atoms with E-state index in [0.29, 0.717) is 5.69 Å². The minimum absolute atomic E-state index is 0.248. The van der Waals surface area contributed by atoms with E-state index in [4.69, 9.17) is 0 Å². The molecule has 3 rings (SSSR count). The molecule has 108 valence electrons. The highest BCUT2D eigenvalue weighted by molar-refractivity contribution is 7.92. The van der Waals surface area contributed by atoms with Crippen LogP contribution in [-0.4, -0.2) is 18.2 Å². The number of nitrogens with zero attached hydrogens (tertiary/aromatic N) is 2. The minimum atomic E-state index is -3.57. The first-order valence-corrected chi connectivity index (χ1v) is 7.95. The zero-order valence-electron chi connectivity index (χ0n) is 11.7. The molecule has 0 aliphatic rings. The number of hydrogen-bond acceptors (Lipinski definition) is 3. The van der Waals surface area contributed by atoms with Crippen LogP contribution in [0.15, 0.2) is 53.6 Å². The molecule has 6 heteroatoms. The van der Waals surface area contributed by atoms with Gasteiger partial charge in [0.05, 0.1) is 22.3 Å². The molecule has 0 saturated carbocycles. The number of rotatable bonds is 3. The fraction of sp³-hybridized carbons (Fsp3) is 0.133. The maximum Gasteiger partial charge on any atom is 0.261 e. The van der Waals surface area contributed by atoms with Crippen LogP contribution in [0.1, 0.15) is 5.56 Å². The van der Waals surface area contributed by atoms with E-state index >= 15 is 0 Å². The van der Waals surface area contributed by atoms with Crippen molar-refractivity contribution in [2.24, 2.45) is 7.05 Å². The predicted molar refractivity (Wildman–Crippen MR) is 82.7 cm³/mol. The van der Waals surface area contributed by atoms with Crippen molar-refractivity contribution >= 4 is 26.6 Å². The number of anilines is 1. The average molecular weight is 301 g/mol. The van der Waals surface area contributed by atoms with Crippen molar-refractivity contribution in [3.05, 3.63) is 54.2 Å². The Bertz CT molecular complexity index is 896. The Balaban J connectivity index is 1.96. The molecular weight excluding hydrogens is 286 g/mol. The molecule has 0 radical (unpaired) electrons. The van der Waals surface area contributed by atoms with E-state index in [1.807, 2.05) is 20.0 Å². The molecule has 1 aromatic heterocycles. The van der Waals surface area contributed by atoms with E-state index in [9.17, 15) is 8.42 Å². The van der Waals surface area contributed by atoms with Gasteiger partial charge in [-0.3, -0.25) is 9.40 Å². The second-order valence-corrected chi connectivity index (χ2v) is 6.64. The van der Waals surface area contributed by atoms with Gasteiger partial charge in [0.25, 0.3) is 10.0 Å². The zero-order chi connectivity index (χ0) is 15.0. The average Bonchev–Trinajstić information content (AvgIpc) is 2.80. The summed E-state index contributed by atoms with van der Waals surface area (Å²) in [6.45, 7) is 1.92. The Labute approximate surface area is 123 Å². The van der Waals surface area contributed by atoms with Crippen LogP contribution in [-0.2, 0) is 17.1 Å². The van der Waals surface area contributed by atoms with Gasteiger partial charge in [-0.1, -0.05) is 17.7 Å². The highest BCUT2D eigenvalue weighted by Gasteiger charge is 2.14. The molecule has 5 nitrogen and oxygen atoms in total. The number of sulfonamides is 1. The monoisotopic (exact) mass is 301 g/mol. The van der Waals surface area contributed by atoms with Gasteiger partial charge in [0.1, 0.15) is 0 Å². The standard InChI is InChI=1S/C15H15N3O2S/c1-11-3-7-14(8-4-11)21(19,20)17-13-6-5-12-10-16-18(2)15(12)9-13/h3-10,17H,1-2H3. The third-order valence-electron chi connectivity index (χ3n) is 3.33. The Kier molecular flexibility index (Phi) is 3.17. The van der Waals surface area contributed by atoms with Gasteiger partial charge < -0.3 is 0 Å². The molecule has 0 unspecified atom stereocenters. The lowest BCUT2D eigenvalue weighted by Gasteiger charge is -2.08. The van der Waals surface area contributed by atoms with Crippen molar-refractivity contribution in [2.75, 3.05) is 4.72 Å². The first kappa shape index (κ1) is 13.6. The summed E-state index contributed by atoms with van der Waals surface area (Å²) in [6, 6.07) is 12.1. The van der Waals surface area contributed by atoms with Crippen molar-refractivity contribution in [1.82, 2.24) is 9.78 Å². The summed E-state index contributed by atoms with van der Waals surface area (Å²) in [6.07, 6.45) is 1.74. The van der Waals surface area contributed by atoms with E-state index in [1.165, 1.54) is 0 Å². The summed E-state index contributed by atoms with van der Waals surface area (Å²) in [7, 11) is -1.75. The number of benzene rings is 2. The summed E-state index contributed by atoms with van der Waals surface area (Å²) in [5, 5.41) is 5.11. The van der Waals surface area contributed by atoms with Crippen molar-refractivity contribution in [3.8, 4) is 0 Å². The fourth-order valence-electron chi connectivity index (χ4n) is 2.14. The quantitative estimate of drug-likeness (QED) is 0.809. The fourth-order valence-corrected chi connectivity index (χ4v) is 3.19. The van der Waals surface area contributed by atoms with Crippen molar-refractivity contribution in [1.29, 1.82) is 0 Å². The van der Waals surface area contributed by atoms with Gasteiger partial charge >= 0.3 is 0 Å². The van der Waals surface area contributed by atoms with Crippen LogP contribution in [0.5, 0.6) is 0 Å². The molecular formula is C15H15N3O2S. The topological polar surface area (TPSA) is 64.0 Å². The Morgan fingerprint density at radius 2 is 1.81 bits per heavy atom. The summed E-state index contributed by atoms with van der Waals surface area (Å²) in [4.78, 5) is 0.248. The molecule has 0 fully saturated rings. The van der Waals surface area contributed by atoms with Gasteiger partial charge in [-0.05, 0) is 37.3 Å². The van der Waals surface area contributed by atoms with Crippen LogP contribution >= 0.6 is 0 Å². The van der Waals surface area contributed by atoms with Gasteiger partial charge in [-0.2, -0.15) is 5.10 Å². The molecule has 3 aromatic rings. The lowest BCUT2D eigenvalue weighted by Crippen LogP contribution is -2.12. The molecule has 0 atom stereocenters. The molecule has 0 bridgehead atoms. The first-order chi connectivity index (χ1) is 9.95. The molecule has 2 aromatic carbocycles. The van der Waals surface area contributed by atoms with Crippen LogP contribution in [0.25, 0.3) is 10.9 Å².